The summed E-state index contributed by atoms with van der Waals surface area (Å²) in [6.45, 7) is 3.78. The number of hydrogen-bond donors (Lipinski definition) is 1. The molecule has 2 aromatic rings. The fourth-order valence-corrected chi connectivity index (χ4v) is 3.62. The van der Waals surface area contributed by atoms with Crippen molar-refractivity contribution in [1.82, 2.24) is 5.01 Å². The normalized spacial score (nSPS) is 16.3. The highest BCUT2D eigenvalue weighted by atomic mass is 16.5. The molecule has 0 aliphatic carbocycles. The van der Waals surface area contributed by atoms with Crippen molar-refractivity contribution in [3.63, 3.8) is 0 Å². The van der Waals surface area contributed by atoms with Gasteiger partial charge in [-0.15, -0.1) is 0 Å². The van der Waals surface area contributed by atoms with Gasteiger partial charge in [-0.1, -0.05) is 30.3 Å². The molecule has 7 nitrogen and oxygen atoms in total. The summed E-state index contributed by atoms with van der Waals surface area (Å²) in [6.07, 6.45) is 1.01. The molecule has 156 valence electrons. The summed E-state index contributed by atoms with van der Waals surface area (Å²) in [5.74, 6) is -0.298. The van der Waals surface area contributed by atoms with Gasteiger partial charge < -0.3 is 15.0 Å². The number of hydrazone groups is 1. The molecule has 4 rings (SSSR count). The molecule has 2 amide bonds. The number of amides is 2. The van der Waals surface area contributed by atoms with E-state index in [0.29, 0.717) is 6.54 Å². The van der Waals surface area contributed by atoms with Crippen LogP contribution in [0, 0.1) is 0 Å². The van der Waals surface area contributed by atoms with Crippen molar-refractivity contribution in [1.29, 1.82) is 0 Å². The summed E-state index contributed by atoms with van der Waals surface area (Å²) >= 11 is 0. The maximum atomic E-state index is 12.4. The summed E-state index contributed by atoms with van der Waals surface area (Å²) in [5, 5.41) is 8.77. The van der Waals surface area contributed by atoms with E-state index in [1.807, 2.05) is 54.6 Å². The van der Waals surface area contributed by atoms with Gasteiger partial charge in [-0.2, -0.15) is 5.10 Å². The minimum atomic E-state index is -0.172. The number of ether oxygens (including phenoxy) is 1. The predicted molar refractivity (Wildman–Crippen MR) is 117 cm³/mol. The van der Waals surface area contributed by atoms with Crippen molar-refractivity contribution >= 4 is 28.9 Å². The van der Waals surface area contributed by atoms with Crippen LogP contribution in [0.3, 0.4) is 0 Å². The molecule has 1 fully saturated rings. The minimum Gasteiger partial charge on any atom is -0.378 e. The third kappa shape index (κ3) is 5.04. The van der Waals surface area contributed by atoms with E-state index in [1.165, 1.54) is 5.01 Å². The van der Waals surface area contributed by atoms with Crippen LogP contribution in [0.25, 0.3) is 0 Å². The van der Waals surface area contributed by atoms with E-state index >= 15 is 0 Å². The molecule has 0 spiro atoms. The number of nitrogens with zero attached hydrogens (tertiary/aromatic N) is 3. The Hall–Kier alpha value is -3.19. The lowest BCUT2D eigenvalue weighted by Crippen LogP contribution is -2.36. The van der Waals surface area contributed by atoms with E-state index in [2.05, 4.69) is 15.3 Å². The number of benzene rings is 2. The first-order chi connectivity index (χ1) is 14.7. The van der Waals surface area contributed by atoms with Gasteiger partial charge in [0.15, 0.2) is 0 Å². The van der Waals surface area contributed by atoms with E-state index in [-0.39, 0.29) is 24.7 Å². The molecule has 7 heteroatoms. The van der Waals surface area contributed by atoms with Crippen molar-refractivity contribution in [3.05, 3.63) is 60.2 Å². The molecule has 0 radical (unpaired) electrons. The average Bonchev–Trinajstić information content (AvgIpc) is 3.30. The number of anilines is 2. The topological polar surface area (TPSA) is 74.2 Å². The summed E-state index contributed by atoms with van der Waals surface area (Å²) in [7, 11) is 0. The molecule has 2 heterocycles. The molecule has 2 aliphatic rings. The first-order valence-electron chi connectivity index (χ1n) is 10.3. The quantitative estimate of drug-likeness (QED) is 0.801. The Morgan fingerprint density at radius 2 is 1.67 bits per heavy atom. The molecular weight excluding hydrogens is 380 g/mol. The molecule has 2 aromatic carbocycles. The van der Waals surface area contributed by atoms with Crippen LogP contribution in [-0.2, 0) is 14.3 Å². The Kier molecular flexibility index (Phi) is 6.39. The van der Waals surface area contributed by atoms with Crippen LogP contribution in [0.5, 0.6) is 0 Å². The minimum absolute atomic E-state index is 0.126. The second kappa shape index (κ2) is 9.54. The van der Waals surface area contributed by atoms with Gasteiger partial charge in [0.1, 0.15) is 0 Å². The van der Waals surface area contributed by atoms with Crippen LogP contribution in [0.1, 0.15) is 24.8 Å². The maximum Gasteiger partial charge on any atom is 0.243 e. The SMILES string of the molecule is O=C(CCC(=O)N1CCC(c2ccccc2)=N1)Nc1ccc(N2CCOCC2)cc1. The largest absolute Gasteiger partial charge is 0.378 e. The summed E-state index contributed by atoms with van der Waals surface area (Å²) in [6, 6.07) is 17.6. The Labute approximate surface area is 176 Å². The van der Waals surface area contributed by atoms with Crippen molar-refractivity contribution in [3.8, 4) is 0 Å². The van der Waals surface area contributed by atoms with Crippen molar-refractivity contribution < 1.29 is 14.3 Å². The highest BCUT2D eigenvalue weighted by molar-refractivity contribution is 6.02. The van der Waals surface area contributed by atoms with Crippen LogP contribution in [0.2, 0.25) is 0 Å². The van der Waals surface area contributed by atoms with E-state index in [1.54, 1.807) is 0 Å². The van der Waals surface area contributed by atoms with Crippen LogP contribution in [0.4, 0.5) is 11.4 Å². The smallest absolute Gasteiger partial charge is 0.243 e. The van der Waals surface area contributed by atoms with Gasteiger partial charge in [-0.05, 0) is 29.8 Å². The van der Waals surface area contributed by atoms with E-state index < -0.39 is 0 Å². The molecular formula is C23H26N4O3. The summed E-state index contributed by atoms with van der Waals surface area (Å²) in [4.78, 5) is 26.9. The molecule has 2 aliphatic heterocycles. The summed E-state index contributed by atoms with van der Waals surface area (Å²) in [5.41, 5.74) is 3.79. The van der Waals surface area contributed by atoms with Gasteiger partial charge in [0.05, 0.1) is 25.5 Å². The number of hydrogen-bond acceptors (Lipinski definition) is 5. The van der Waals surface area contributed by atoms with E-state index in [0.717, 1.165) is 55.4 Å². The van der Waals surface area contributed by atoms with Crippen LogP contribution in [-0.4, -0.2) is 55.4 Å². The molecule has 0 bridgehead atoms. The second-order valence-corrected chi connectivity index (χ2v) is 7.37. The van der Waals surface area contributed by atoms with Crippen LogP contribution < -0.4 is 10.2 Å². The van der Waals surface area contributed by atoms with Gasteiger partial charge in [-0.3, -0.25) is 9.59 Å². The zero-order valence-corrected chi connectivity index (χ0v) is 16.9. The molecule has 1 N–H and O–H groups in total. The Morgan fingerprint density at radius 1 is 0.933 bits per heavy atom. The van der Waals surface area contributed by atoms with Gasteiger partial charge in [-0.25, -0.2) is 5.01 Å². The number of carbonyl (C=O) groups is 2. The summed E-state index contributed by atoms with van der Waals surface area (Å²) < 4.78 is 5.37. The van der Waals surface area contributed by atoms with Gasteiger partial charge in [0, 0.05) is 43.7 Å². The Morgan fingerprint density at radius 3 is 2.40 bits per heavy atom. The monoisotopic (exact) mass is 406 g/mol. The zero-order valence-electron chi connectivity index (χ0n) is 16.9. The lowest BCUT2D eigenvalue weighted by atomic mass is 10.1. The molecule has 30 heavy (non-hydrogen) atoms. The van der Waals surface area contributed by atoms with Crippen molar-refractivity contribution in [2.24, 2.45) is 5.10 Å². The first-order valence-corrected chi connectivity index (χ1v) is 10.3. The third-order valence-electron chi connectivity index (χ3n) is 5.29. The standard InChI is InChI=1S/C23H26N4O3/c28-22(24-19-6-8-20(9-7-19)26-14-16-30-17-15-26)10-11-23(29)27-13-12-21(25-27)18-4-2-1-3-5-18/h1-9H,10-17H2,(H,24,28). The highest BCUT2D eigenvalue weighted by Gasteiger charge is 2.22. The lowest BCUT2D eigenvalue weighted by Gasteiger charge is -2.28. The zero-order chi connectivity index (χ0) is 20.8. The van der Waals surface area contributed by atoms with Gasteiger partial charge in [0.25, 0.3) is 0 Å². The first kappa shape index (κ1) is 20.1. The number of carbonyl (C=O) groups excluding carboxylic acids is 2. The second-order valence-electron chi connectivity index (χ2n) is 7.37. The molecule has 0 saturated carbocycles. The van der Waals surface area contributed by atoms with Gasteiger partial charge >= 0.3 is 0 Å². The van der Waals surface area contributed by atoms with Crippen molar-refractivity contribution in [2.45, 2.75) is 19.3 Å². The molecule has 0 aromatic heterocycles. The third-order valence-corrected chi connectivity index (χ3v) is 5.29. The Balaban J connectivity index is 1.24. The highest BCUT2D eigenvalue weighted by Crippen LogP contribution is 2.19. The fourth-order valence-electron chi connectivity index (χ4n) is 3.62. The Bertz CT molecular complexity index is 906. The molecule has 0 unspecified atom stereocenters. The maximum absolute atomic E-state index is 12.4. The van der Waals surface area contributed by atoms with E-state index in [4.69, 9.17) is 4.74 Å². The van der Waals surface area contributed by atoms with Crippen LogP contribution in [0.15, 0.2) is 59.7 Å². The molecule has 1 saturated heterocycles. The van der Waals surface area contributed by atoms with Crippen LogP contribution >= 0.6 is 0 Å². The number of morpholine rings is 1. The fraction of sp³-hybridized carbons (Fsp3) is 0.348. The average molecular weight is 406 g/mol. The van der Waals surface area contributed by atoms with Gasteiger partial charge in [0.2, 0.25) is 11.8 Å². The number of rotatable bonds is 6. The molecule has 0 atom stereocenters. The van der Waals surface area contributed by atoms with E-state index in [9.17, 15) is 9.59 Å². The lowest BCUT2D eigenvalue weighted by molar-refractivity contribution is -0.132. The predicted octanol–water partition coefficient (Wildman–Crippen LogP) is 2.88. The van der Waals surface area contributed by atoms with Crippen molar-refractivity contribution in [2.75, 3.05) is 43.1 Å². The number of nitrogens with one attached hydrogen (secondary N) is 1.